The van der Waals surface area contributed by atoms with Gasteiger partial charge in [0, 0.05) is 11.6 Å². The zero-order valence-electron chi connectivity index (χ0n) is 12.5. The summed E-state index contributed by atoms with van der Waals surface area (Å²) < 4.78 is 4.67. The quantitative estimate of drug-likeness (QED) is 0.577. The van der Waals surface area contributed by atoms with Gasteiger partial charge in [0.1, 0.15) is 6.04 Å². The Bertz CT molecular complexity index is 643. The molecule has 23 heavy (non-hydrogen) atoms. The second-order valence-electron chi connectivity index (χ2n) is 4.44. The largest absolute Gasteiger partial charge is 0.480 e. The molecule has 0 aliphatic carbocycles. The number of nitriles is 1. The first-order valence-corrected chi connectivity index (χ1v) is 6.85. The van der Waals surface area contributed by atoms with Crippen LogP contribution < -0.4 is 5.32 Å². The average Bonchev–Trinajstić information content (AvgIpc) is 2.54. The van der Waals surface area contributed by atoms with Crippen LogP contribution in [0.3, 0.4) is 0 Å². The highest BCUT2D eigenvalue weighted by molar-refractivity contribution is 5.96. The van der Waals surface area contributed by atoms with Crippen molar-refractivity contribution in [2.75, 3.05) is 6.61 Å². The maximum Gasteiger partial charge on any atom is 0.330 e. The molecule has 0 unspecified atom stereocenters. The number of carboxylic acids is 1. The van der Waals surface area contributed by atoms with Gasteiger partial charge in [-0.05, 0) is 37.6 Å². The fourth-order valence-corrected chi connectivity index (χ4v) is 1.65. The summed E-state index contributed by atoms with van der Waals surface area (Å²) in [5.41, 5.74) is 0.637. The lowest BCUT2D eigenvalue weighted by molar-refractivity contribution is -0.139. The molecule has 0 aliphatic heterocycles. The Kier molecular flexibility index (Phi) is 7.01. The zero-order chi connectivity index (χ0) is 17.2. The van der Waals surface area contributed by atoms with Crippen LogP contribution >= 0.6 is 0 Å². The molecular weight excluding hydrogens is 300 g/mol. The maximum absolute atomic E-state index is 12.0. The molecule has 0 fully saturated rings. The van der Waals surface area contributed by atoms with E-state index in [9.17, 15) is 14.4 Å². The second kappa shape index (κ2) is 9.00. The highest BCUT2D eigenvalue weighted by Gasteiger charge is 2.19. The van der Waals surface area contributed by atoms with Crippen LogP contribution in [0.25, 0.3) is 0 Å². The topological polar surface area (TPSA) is 116 Å². The number of nitrogens with zero attached hydrogens (tertiary/aromatic N) is 1. The number of rotatable bonds is 7. The van der Waals surface area contributed by atoms with Crippen LogP contribution in [0.1, 0.15) is 29.3 Å². The van der Waals surface area contributed by atoms with E-state index in [-0.39, 0.29) is 18.6 Å². The third-order valence-electron chi connectivity index (χ3n) is 2.79. The Morgan fingerprint density at radius 3 is 2.52 bits per heavy atom. The van der Waals surface area contributed by atoms with Gasteiger partial charge in [0.15, 0.2) is 0 Å². The summed E-state index contributed by atoms with van der Waals surface area (Å²) >= 11 is 0. The Morgan fingerprint density at radius 2 is 2.00 bits per heavy atom. The molecule has 1 aromatic rings. The molecule has 1 aromatic carbocycles. The second-order valence-corrected chi connectivity index (χ2v) is 4.44. The maximum atomic E-state index is 12.0. The molecular formula is C16H16N2O5. The van der Waals surface area contributed by atoms with Gasteiger partial charge in [-0.2, -0.15) is 5.26 Å². The number of aliphatic carboxylic acids is 1. The first-order valence-electron chi connectivity index (χ1n) is 6.85. The summed E-state index contributed by atoms with van der Waals surface area (Å²) in [6.45, 7) is 1.88. The lowest BCUT2D eigenvalue weighted by Gasteiger charge is -2.12. The molecule has 0 saturated carbocycles. The molecule has 0 radical (unpaired) electrons. The minimum absolute atomic E-state index is 0.0594. The van der Waals surface area contributed by atoms with Crippen molar-refractivity contribution in [3.05, 3.63) is 47.5 Å². The fraction of sp³-hybridized carbons (Fsp3) is 0.250. The summed E-state index contributed by atoms with van der Waals surface area (Å²) in [7, 11) is 0. The van der Waals surface area contributed by atoms with Crippen molar-refractivity contribution in [3.63, 3.8) is 0 Å². The summed E-state index contributed by atoms with van der Waals surface area (Å²) in [6.07, 6.45) is 2.39. The van der Waals surface area contributed by atoms with E-state index >= 15 is 0 Å². The predicted molar refractivity (Wildman–Crippen MR) is 80.4 cm³/mol. The zero-order valence-corrected chi connectivity index (χ0v) is 12.5. The summed E-state index contributed by atoms with van der Waals surface area (Å²) in [6, 6.07) is 6.54. The summed E-state index contributed by atoms with van der Waals surface area (Å²) in [5, 5.41) is 20.2. The number of amides is 1. The van der Waals surface area contributed by atoms with E-state index in [2.05, 4.69) is 10.1 Å². The van der Waals surface area contributed by atoms with Crippen LogP contribution in [0.4, 0.5) is 0 Å². The number of carboxylic acid groups (broad SMARTS) is 1. The smallest absolute Gasteiger partial charge is 0.330 e. The van der Waals surface area contributed by atoms with Gasteiger partial charge in [0.25, 0.3) is 5.91 Å². The molecule has 1 amide bonds. The average molecular weight is 316 g/mol. The SMILES string of the molecule is CCOC(=O)/C=C/C[C@H](NC(=O)c1ccc(C#N)cc1)C(=O)O. The molecule has 2 N–H and O–H groups in total. The number of esters is 1. The molecule has 0 spiro atoms. The van der Waals surface area contributed by atoms with E-state index in [1.807, 2.05) is 6.07 Å². The molecule has 0 aromatic heterocycles. The minimum Gasteiger partial charge on any atom is -0.480 e. The van der Waals surface area contributed by atoms with Crippen LogP contribution in [-0.2, 0) is 14.3 Å². The van der Waals surface area contributed by atoms with Gasteiger partial charge in [0.05, 0.1) is 18.2 Å². The van der Waals surface area contributed by atoms with Crippen molar-refractivity contribution in [2.24, 2.45) is 0 Å². The van der Waals surface area contributed by atoms with Crippen LogP contribution in [-0.4, -0.2) is 35.6 Å². The van der Waals surface area contributed by atoms with Crippen LogP contribution in [0.15, 0.2) is 36.4 Å². The fourth-order valence-electron chi connectivity index (χ4n) is 1.65. The Labute approximate surface area is 133 Å². The lowest BCUT2D eigenvalue weighted by atomic mass is 10.1. The third-order valence-corrected chi connectivity index (χ3v) is 2.79. The molecule has 1 rings (SSSR count). The van der Waals surface area contributed by atoms with Gasteiger partial charge >= 0.3 is 11.9 Å². The van der Waals surface area contributed by atoms with Gasteiger partial charge in [-0.3, -0.25) is 4.79 Å². The van der Waals surface area contributed by atoms with E-state index in [0.29, 0.717) is 5.56 Å². The van der Waals surface area contributed by atoms with Gasteiger partial charge in [-0.25, -0.2) is 9.59 Å². The number of hydrogen-bond acceptors (Lipinski definition) is 5. The number of ether oxygens (including phenoxy) is 1. The van der Waals surface area contributed by atoms with E-state index in [4.69, 9.17) is 10.4 Å². The molecule has 0 aliphatic rings. The molecule has 1 atom stereocenters. The van der Waals surface area contributed by atoms with Crippen molar-refractivity contribution in [2.45, 2.75) is 19.4 Å². The van der Waals surface area contributed by atoms with Gasteiger partial charge in [0.2, 0.25) is 0 Å². The lowest BCUT2D eigenvalue weighted by Crippen LogP contribution is -2.40. The number of carbonyl (C=O) groups excluding carboxylic acids is 2. The van der Waals surface area contributed by atoms with E-state index in [1.165, 1.54) is 30.3 Å². The number of nitrogens with one attached hydrogen (secondary N) is 1. The van der Waals surface area contributed by atoms with E-state index in [1.54, 1.807) is 6.92 Å². The van der Waals surface area contributed by atoms with Crippen LogP contribution in [0, 0.1) is 11.3 Å². The number of benzene rings is 1. The first kappa shape index (κ1) is 17.9. The summed E-state index contributed by atoms with van der Waals surface area (Å²) in [4.78, 5) is 34.3. The number of hydrogen-bond donors (Lipinski definition) is 2. The molecule has 0 heterocycles. The standard InChI is InChI=1S/C16H16N2O5/c1-2-23-14(19)5-3-4-13(16(21)22)18-15(20)12-8-6-11(10-17)7-9-12/h3,5-9,13H,2,4H2,1H3,(H,18,20)(H,21,22)/b5-3+/t13-/m0/s1. The monoisotopic (exact) mass is 316 g/mol. The number of carbonyl (C=O) groups is 3. The van der Waals surface area contributed by atoms with Crippen molar-refractivity contribution in [1.29, 1.82) is 5.26 Å². The van der Waals surface area contributed by atoms with Crippen LogP contribution in [0.5, 0.6) is 0 Å². The Morgan fingerprint density at radius 1 is 1.35 bits per heavy atom. The highest BCUT2D eigenvalue weighted by Crippen LogP contribution is 2.05. The van der Waals surface area contributed by atoms with Crippen molar-refractivity contribution >= 4 is 17.8 Å². The van der Waals surface area contributed by atoms with E-state index in [0.717, 1.165) is 6.08 Å². The first-order chi connectivity index (χ1) is 11.0. The van der Waals surface area contributed by atoms with Crippen LogP contribution in [0.2, 0.25) is 0 Å². The molecule has 7 heteroatoms. The van der Waals surface area contributed by atoms with Gasteiger partial charge < -0.3 is 15.2 Å². The van der Waals surface area contributed by atoms with Crippen molar-refractivity contribution in [3.8, 4) is 6.07 Å². The summed E-state index contributed by atoms with van der Waals surface area (Å²) in [5.74, 6) is -2.37. The molecule has 7 nitrogen and oxygen atoms in total. The molecule has 120 valence electrons. The van der Waals surface area contributed by atoms with E-state index < -0.39 is 23.9 Å². The predicted octanol–water partition coefficient (Wildman–Crippen LogP) is 1.25. The van der Waals surface area contributed by atoms with Crippen molar-refractivity contribution in [1.82, 2.24) is 5.32 Å². The Hall–Kier alpha value is -3.14. The van der Waals surface area contributed by atoms with Gasteiger partial charge in [-0.15, -0.1) is 0 Å². The van der Waals surface area contributed by atoms with Crippen molar-refractivity contribution < 1.29 is 24.2 Å². The third kappa shape index (κ3) is 6.01. The molecule has 0 saturated heterocycles. The minimum atomic E-state index is -1.22. The normalized spacial score (nSPS) is 11.5. The Balaban J connectivity index is 2.68. The highest BCUT2D eigenvalue weighted by atomic mass is 16.5. The molecule has 0 bridgehead atoms. The van der Waals surface area contributed by atoms with Gasteiger partial charge in [-0.1, -0.05) is 6.08 Å².